The SMILES string of the molecule is CCCCC(Cc1ccc(Br)cc1Cl)NN. The third kappa shape index (κ3) is 4.42. The minimum absolute atomic E-state index is 0.304. The summed E-state index contributed by atoms with van der Waals surface area (Å²) in [4.78, 5) is 0. The van der Waals surface area contributed by atoms with E-state index in [-0.39, 0.29) is 0 Å². The Morgan fingerprint density at radius 3 is 2.81 bits per heavy atom. The molecule has 0 aliphatic heterocycles. The second-order valence-corrected chi connectivity index (χ2v) is 5.27. The lowest BCUT2D eigenvalue weighted by molar-refractivity contribution is 0.473. The number of halogens is 2. The van der Waals surface area contributed by atoms with Crippen molar-refractivity contribution in [3.05, 3.63) is 33.3 Å². The molecule has 0 saturated carbocycles. The van der Waals surface area contributed by atoms with Crippen LogP contribution in [0.15, 0.2) is 22.7 Å². The molecule has 0 aliphatic carbocycles. The van der Waals surface area contributed by atoms with E-state index in [4.69, 9.17) is 17.4 Å². The lowest BCUT2D eigenvalue weighted by atomic mass is 10.0. The van der Waals surface area contributed by atoms with Crippen LogP contribution in [0.2, 0.25) is 5.02 Å². The van der Waals surface area contributed by atoms with E-state index < -0.39 is 0 Å². The maximum atomic E-state index is 6.17. The van der Waals surface area contributed by atoms with Gasteiger partial charge >= 0.3 is 0 Å². The Morgan fingerprint density at radius 2 is 2.25 bits per heavy atom. The van der Waals surface area contributed by atoms with Gasteiger partial charge in [-0.2, -0.15) is 0 Å². The maximum absolute atomic E-state index is 6.17. The number of hydrazine groups is 1. The minimum atomic E-state index is 0.304. The van der Waals surface area contributed by atoms with Gasteiger partial charge < -0.3 is 0 Å². The number of hydrogen-bond acceptors (Lipinski definition) is 2. The number of nitrogens with two attached hydrogens (primary N) is 1. The molecule has 0 bridgehead atoms. The van der Waals surface area contributed by atoms with Crippen LogP contribution in [-0.2, 0) is 6.42 Å². The van der Waals surface area contributed by atoms with Gasteiger partial charge in [-0.05, 0) is 30.5 Å². The van der Waals surface area contributed by atoms with Gasteiger partial charge in [0, 0.05) is 15.5 Å². The molecule has 0 saturated heterocycles. The molecule has 0 aliphatic rings. The Labute approximate surface area is 111 Å². The Bertz CT molecular complexity index is 331. The van der Waals surface area contributed by atoms with Crippen LogP contribution < -0.4 is 11.3 Å². The standard InChI is InChI=1S/C12H18BrClN2/c1-2-3-4-11(16-15)7-9-5-6-10(13)8-12(9)14/h5-6,8,11,16H,2-4,7,15H2,1H3. The molecule has 1 atom stereocenters. The van der Waals surface area contributed by atoms with Gasteiger partial charge in [-0.1, -0.05) is 53.4 Å². The zero-order valence-electron chi connectivity index (χ0n) is 9.47. The lowest BCUT2D eigenvalue weighted by Crippen LogP contribution is -2.36. The van der Waals surface area contributed by atoms with E-state index >= 15 is 0 Å². The Kier molecular flexibility index (Phi) is 6.36. The molecule has 1 unspecified atom stereocenters. The average molecular weight is 306 g/mol. The van der Waals surface area contributed by atoms with E-state index in [0.717, 1.165) is 27.9 Å². The zero-order chi connectivity index (χ0) is 12.0. The summed E-state index contributed by atoms with van der Waals surface area (Å²) in [6, 6.07) is 6.28. The van der Waals surface area contributed by atoms with Gasteiger partial charge in [0.05, 0.1) is 0 Å². The molecule has 4 heteroatoms. The number of unbranched alkanes of at least 4 members (excludes halogenated alkanes) is 1. The van der Waals surface area contributed by atoms with Gasteiger partial charge in [-0.15, -0.1) is 0 Å². The van der Waals surface area contributed by atoms with E-state index in [9.17, 15) is 0 Å². The molecule has 2 nitrogen and oxygen atoms in total. The lowest BCUT2D eigenvalue weighted by Gasteiger charge is -2.16. The minimum Gasteiger partial charge on any atom is -0.271 e. The first-order chi connectivity index (χ1) is 7.67. The highest BCUT2D eigenvalue weighted by Crippen LogP contribution is 2.23. The summed E-state index contributed by atoms with van der Waals surface area (Å²) >= 11 is 9.56. The molecule has 1 rings (SSSR count). The number of benzene rings is 1. The van der Waals surface area contributed by atoms with Crippen LogP contribution in [0.1, 0.15) is 31.7 Å². The average Bonchev–Trinajstić information content (AvgIpc) is 2.27. The molecule has 0 fully saturated rings. The molecule has 0 radical (unpaired) electrons. The third-order valence-corrected chi connectivity index (χ3v) is 3.47. The van der Waals surface area contributed by atoms with Crippen LogP contribution in [-0.4, -0.2) is 6.04 Å². The van der Waals surface area contributed by atoms with Crippen LogP contribution in [0, 0.1) is 0 Å². The van der Waals surface area contributed by atoms with E-state index in [1.807, 2.05) is 18.2 Å². The van der Waals surface area contributed by atoms with Crippen molar-refractivity contribution in [1.82, 2.24) is 5.43 Å². The summed E-state index contributed by atoms with van der Waals surface area (Å²) in [5.74, 6) is 5.54. The van der Waals surface area contributed by atoms with Crippen molar-refractivity contribution >= 4 is 27.5 Å². The fourth-order valence-corrected chi connectivity index (χ4v) is 2.40. The fraction of sp³-hybridized carbons (Fsp3) is 0.500. The fourth-order valence-electron chi connectivity index (χ4n) is 1.65. The van der Waals surface area contributed by atoms with Crippen molar-refractivity contribution in [2.75, 3.05) is 0 Å². The molecule has 3 N–H and O–H groups in total. The Hall–Kier alpha value is -0.0900. The highest BCUT2D eigenvalue weighted by atomic mass is 79.9. The highest BCUT2D eigenvalue weighted by molar-refractivity contribution is 9.10. The zero-order valence-corrected chi connectivity index (χ0v) is 11.8. The van der Waals surface area contributed by atoms with Gasteiger partial charge in [0.25, 0.3) is 0 Å². The summed E-state index contributed by atoms with van der Waals surface area (Å²) < 4.78 is 1.01. The summed E-state index contributed by atoms with van der Waals surface area (Å²) in [6.07, 6.45) is 4.33. The van der Waals surface area contributed by atoms with Crippen molar-refractivity contribution in [2.45, 2.75) is 38.6 Å². The quantitative estimate of drug-likeness (QED) is 0.622. The van der Waals surface area contributed by atoms with Crippen LogP contribution in [0.25, 0.3) is 0 Å². The molecule has 0 spiro atoms. The smallest absolute Gasteiger partial charge is 0.0449 e. The first-order valence-electron chi connectivity index (χ1n) is 5.57. The predicted molar refractivity (Wildman–Crippen MR) is 73.5 cm³/mol. The molecule has 16 heavy (non-hydrogen) atoms. The Balaban J connectivity index is 2.62. The van der Waals surface area contributed by atoms with Crippen molar-refractivity contribution in [1.29, 1.82) is 0 Å². The number of hydrogen-bond donors (Lipinski definition) is 2. The highest BCUT2D eigenvalue weighted by Gasteiger charge is 2.09. The molecule has 1 aromatic rings. The van der Waals surface area contributed by atoms with Crippen LogP contribution in [0.3, 0.4) is 0 Å². The van der Waals surface area contributed by atoms with Gasteiger partial charge in [-0.25, -0.2) is 0 Å². The first kappa shape index (κ1) is 14.0. The monoisotopic (exact) mass is 304 g/mol. The van der Waals surface area contributed by atoms with Crippen LogP contribution >= 0.6 is 27.5 Å². The molecular weight excluding hydrogens is 288 g/mol. The topological polar surface area (TPSA) is 38.0 Å². The van der Waals surface area contributed by atoms with Gasteiger partial charge in [-0.3, -0.25) is 11.3 Å². The maximum Gasteiger partial charge on any atom is 0.0449 e. The molecule has 1 aromatic carbocycles. The largest absolute Gasteiger partial charge is 0.271 e. The molecule has 0 aromatic heterocycles. The summed E-state index contributed by atoms with van der Waals surface area (Å²) in [5, 5.41) is 0.797. The second-order valence-electron chi connectivity index (χ2n) is 3.95. The van der Waals surface area contributed by atoms with Gasteiger partial charge in [0.15, 0.2) is 0 Å². The van der Waals surface area contributed by atoms with E-state index in [0.29, 0.717) is 6.04 Å². The molecule has 90 valence electrons. The molecular formula is C12H18BrClN2. The van der Waals surface area contributed by atoms with E-state index in [2.05, 4.69) is 28.3 Å². The van der Waals surface area contributed by atoms with Gasteiger partial charge in [0.1, 0.15) is 0 Å². The summed E-state index contributed by atoms with van der Waals surface area (Å²) in [5.41, 5.74) is 4.00. The Morgan fingerprint density at radius 1 is 1.50 bits per heavy atom. The van der Waals surface area contributed by atoms with Crippen molar-refractivity contribution in [3.8, 4) is 0 Å². The van der Waals surface area contributed by atoms with E-state index in [1.165, 1.54) is 12.8 Å². The number of rotatable bonds is 6. The van der Waals surface area contributed by atoms with Crippen molar-refractivity contribution < 1.29 is 0 Å². The number of nitrogens with one attached hydrogen (secondary N) is 1. The second kappa shape index (κ2) is 7.28. The van der Waals surface area contributed by atoms with Crippen molar-refractivity contribution in [3.63, 3.8) is 0 Å². The normalized spacial score (nSPS) is 12.8. The molecule has 0 amide bonds. The predicted octanol–water partition coefficient (Wildman–Crippen LogP) is 3.67. The van der Waals surface area contributed by atoms with Crippen LogP contribution in [0.5, 0.6) is 0 Å². The van der Waals surface area contributed by atoms with Crippen LogP contribution in [0.4, 0.5) is 0 Å². The molecule has 0 heterocycles. The van der Waals surface area contributed by atoms with Crippen molar-refractivity contribution in [2.24, 2.45) is 5.84 Å². The van der Waals surface area contributed by atoms with E-state index in [1.54, 1.807) is 0 Å². The van der Waals surface area contributed by atoms with Gasteiger partial charge in [0.2, 0.25) is 0 Å². The summed E-state index contributed by atoms with van der Waals surface area (Å²) in [7, 11) is 0. The summed E-state index contributed by atoms with van der Waals surface area (Å²) in [6.45, 7) is 2.18. The first-order valence-corrected chi connectivity index (χ1v) is 6.74. The third-order valence-electron chi connectivity index (χ3n) is 2.62.